The molecule has 0 spiro atoms. The van der Waals surface area contributed by atoms with Crippen LogP contribution < -0.4 is 16.2 Å². The zero-order chi connectivity index (χ0) is 24.2. The first-order valence-electron chi connectivity index (χ1n) is 10.7. The summed E-state index contributed by atoms with van der Waals surface area (Å²) < 4.78 is 3.13. The van der Waals surface area contributed by atoms with Gasteiger partial charge in [-0.15, -0.1) is 10.2 Å². The molecule has 0 unspecified atom stereocenters. The van der Waals surface area contributed by atoms with Crippen LogP contribution in [0.2, 0.25) is 5.02 Å². The maximum atomic E-state index is 13.2. The Bertz CT molecular complexity index is 1420. The number of carbonyl (C=O) groups is 2. The van der Waals surface area contributed by atoms with Crippen molar-refractivity contribution in [2.24, 2.45) is 0 Å². The lowest BCUT2D eigenvalue weighted by molar-refractivity contribution is -0.121. The van der Waals surface area contributed by atoms with E-state index in [2.05, 4.69) is 20.8 Å². The van der Waals surface area contributed by atoms with E-state index in [-0.39, 0.29) is 42.1 Å². The molecular weight excluding hydrogens is 476 g/mol. The number of aryl methyl sites for hydroxylation is 1. The largest absolute Gasteiger partial charge is 0.354 e. The van der Waals surface area contributed by atoms with Crippen LogP contribution in [0.4, 0.5) is 5.69 Å². The number of aromatic nitrogens is 4. The van der Waals surface area contributed by atoms with Crippen LogP contribution in [0.3, 0.4) is 0 Å². The third-order valence-electron chi connectivity index (χ3n) is 4.93. The first-order chi connectivity index (χ1) is 16.3. The minimum Gasteiger partial charge on any atom is -0.354 e. The summed E-state index contributed by atoms with van der Waals surface area (Å²) in [7, 11) is 0. The van der Waals surface area contributed by atoms with Crippen LogP contribution in [0.15, 0.2) is 58.5 Å². The fourth-order valence-corrected chi connectivity index (χ4v) is 4.42. The molecule has 2 amide bonds. The Morgan fingerprint density at radius 2 is 1.85 bits per heavy atom. The summed E-state index contributed by atoms with van der Waals surface area (Å²) in [6.07, 6.45) is 0.106. The lowest BCUT2D eigenvalue weighted by atomic mass is 10.2. The van der Waals surface area contributed by atoms with Gasteiger partial charge in [-0.25, -0.2) is 0 Å². The van der Waals surface area contributed by atoms with Crippen molar-refractivity contribution in [3.8, 4) is 0 Å². The van der Waals surface area contributed by atoms with Crippen molar-refractivity contribution < 1.29 is 9.59 Å². The van der Waals surface area contributed by atoms with Crippen LogP contribution in [-0.2, 0) is 16.1 Å². The maximum absolute atomic E-state index is 13.2. The van der Waals surface area contributed by atoms with Gasteiger partial charge in [0, 0.05) is 29.7 Å². The molecule has 0 atom stereocenters. The number of halogens is 1. The number of carbonyl (C=O) groups excluding carboxylic acids is 2. The van der Waals surface area contributed by atoms with Crippen molar-refractivity contribution in [1.82, 2.24) is 24.5 Å². The third kappa shape index (κ3) is 5.23. The summed E-state index contributed by atoms with van der Waals surface area (Å²) in [6.45, 7) is 3.87. The highest BCUT2D eigenvalue weighted by Gasteiger charge is 2.19. The van der Waals surface area contributed by atoms with E-state index in [9.17, 15) is 14.4 Å². The Morgan fingerprint density at radius 3 is 2.59 bits per heavy atom. The molecule has 4 aromatic rings. The Labute approximate surface area is 204 Å². The van der Waals surface area contributed by atoms with E-state index in [0.29, 0.717) is 32.5 Å². The van der Waals surface area contributed by atoms with E-state index >= 15 is 0 Å². The molecule has 0 aliphatic rings. The van der Waals surface area contributed by atoms with Gasteiger partial charge >= 0.3 is 0 Å². The topological polar surface area (TPSA) is 110 Å². The van der Waals surface area contributed by atoms with Crippen molar-refractivity contribution >= 4 is 57.5 Å². The highest BCUT2D eigenvalue weighted by Crippen LogP contribution is 2.24. The second kappa shape index (κ2) is 10.3. The van der Waals surface area contributed by atoms with Gasteiger partial charge in [-0.05, 0) is 44.2 Å². The molecule has 4 rings (SSSR count). The zero-order valence-corrected chi connectivity index (χ0v) is 20.2. The summed E-state index contributed by atoms with van der Waals surface area (Å²) in [6, 6.07) is 14.1. The van der Waals surface area contributed by atoms with E-state index in [4.69, 9.17) is 11.6 Å². The lowest BCUT2D eigenvalue weighted by Gasteiger charge is -2.12. The molecule has 0 aliphatic heterocycles. The molecule has 2 N–H and O–H groups in total. The van der Waals surface area contributed by atoms with Gasteiger partial charge in [-0.3, -0.25) is 23.4 Å². The Hall–Kier alpha value is -3.37. The number of amides is 2. The molecule has 2 aromatic carbocycles. The van der Waals surface area contributed by atoms with Gasteiger partial charge in [0.25, 0.3) is 5.56 Å². The standard InChI is InChI=1S/C23H23ClN6O3S/c1-14(2)25-19(31)10-11-29-21(33)17-12-15(24)8-9-18(17)30-22(29)27-28-23(30)34-13-20(32)26-16-6-4-3-5-7-16/h3-9,12,14H,10-11,13H2,1-2H3,(H,25,31)(H,26,32). The number of nitrogens with one attached hydrogen (secondary N) is 2. The Kier molecular flexibility index (Phi) is 7.18. The number of benzene rings is 2. The van der Waals surface area contributed by atoms with Gasteiger partial charge in [0.2, 0.25) is 17.6 Å². The van der Waals surface area contributed by atoms with E-state index in [1.165, 1.54) is 16.3 Å². The summed E-state index contributed by atoms with van der Waals surface area (Å²) in [5.41, 5.74) is 0.962. The zero-order valence-electron chi connectivity index (χ0n) is 18.6. The predicted molar refractivity (Wildman–Crippen MR) is 133 cm³/mol. The molecular formula is C23H23ClN6O3S. The van der Waals surface area contributed by atoms with Crippen molar-refractivity contribution in [2.45, 2.75) is 38.0 Å². The number of fused-ring (bicyclic) bond motifs is 3. The van der Waals surface area contributed by atoms with Crippen LogP contribution in [0, 0.1) is 0 Å². The maximum Gasteiger partial charge on any atom is 0.262 e. The highest BCUT2D eigenvalue weighted by molar-refractivity contribution is 7.99. The van der Waals surface area contributed by atoms with Crippen molar-refractivity contribution in [1.29, 1.82) is 0 Å². The van der Waals surface area contributed by atoms with E-state index < -0.39 is 0 Å². The Balaban J connectivity index is 1.67. The average Bonchev–Trinajstić information content (AvgIpc) is 3.21. The fraction of sp³-hybridized carbons (Fsp3) is 0.261. The van der Waals surface area contributed by atoms with Gasteiger partial charge in [-0.2, -0.15) is 0 Å². The van der Waals surface area contributed by atoms with Crippen LogP contribution >= 0.6 is 23.4 Å². The molecule has 0 fully saturated rings. The molecule has 0 saturated carbocycles. The first kappa shape index (κ1) is 23.8. The highest BCUT2D eigenvalue weighted by atomic mass is 35.5. The minimum atomic E-state index is -0.312. The number of rotatable bonds is 8. The second-order valence-electron chi connectivity index (χ2n) is 7.91. The quantitative estimate of drug-likeness (QED) is 0.360. The number of hydrogen-bond acceptors (Lipinski definition) is 6. The average molecular weight is 499 g/mol. The molecule has 2 heterocycles. The summed E-state index contributed by atoms with van der Waals surface area (Å²) in [4.78, 5) is 37.8. The predicted octanol–water partition coefficient (Wildman–Crippen LogP) is 3.34. The summed E-state index contributed by atoms with van der Waals surface area (Å²) in [5.74, 6) is 0.0285. The van der Waals surface area contributed by atoms with Gasteiger partial charge in [0.1, 0.15) is 0 Å². The van der Waals surface area contributed by atoms with Crippen molar-refractivity contribution in [2.75, 3.05) is 11.1 Å². The van der Waals surface area contributed by atoms with Crippen molar-refractivity contribution in [3.05, 3.63) is 63.9 Å². The minimum absolute atomic E-state index is 0.00206. The van der Waals surface area contributed by atoms with E-state index in [1.54, 1.807) is 34.7 Å². The molecule has 0 saturated heterocycles. The number of hydrogen-bond donors (Lipinski definition) is 2. The first-order valence-corrected chi connectivity index (χ1v) is 12.0. The van der Waals surface area contributed by atoms with Gasteiger partial charge in [0.15, 0.2) is 5.16 Å². The molecule has 0 aliphatic carbocycles. The number of thioether (sulfide) groups is 1. The van der Waals surface area contributed by atoms with Crippen LogP contribution in [0.5, 0.6) is 0 Å². The van der Waals surface area contributed by atoms with Crippen LogP contribution in [0.1, 0.15) is 20.3 Å². The SMILES string of the molecule is CC(C)NC(=O)CCn1c(=O)c2cc(Cl)ccc2n2c(SCC(=O)Nc3ccccc3)nnc12. The number of para-hydroxylation sites is 1. The van der Waals surface area contributed by atoms with Crippen molar-refractivity contribution in [3.63, 3.8) is 0 Å². The molecule has 34 heavy (non-hydrogen) atoms. The number of nitrogens with zero attached hydrogens (tertiary/aromatic N) is 4. The smallest absolute Gasteiger partial charge is 0.262 e. The molecule has 0 radical (unpaired) electrons. The molecule has 0 bridgehead atoms. The molecule has 176 valence electrons. The van der Waals surface area contributed by atoms with E-state index in [0.717, 1.165) is 0 Å². The third-order valence-corrected chi connectivity index (χ3v) is 6.10. The molecule has 9 nitrogen and oxygen atoms in total. The summed E-state index contributed by atoms with van der Waals surface area (Å²) in [5, 5.41) is 15.3. The Morgan fingerprint density at radius 1 is 1.09 bits per heavy atom. The van der Waals surface area contributed by atoms with Gasteiger partial charge in [0.05, 0.1) is 16.7 Å². The van der Waals surface area contributed by atoms with Crippen LogP contribution in [0.25, 0.3) is 16.7 Å². The second-order valence-corrected chi connectivity index (χ2v) is 9.29. The molecule has 2 aromatic heterocycles. The lowest BCUT2D eigenvalue weighted by Crippen LogP contribution is -2.32. The van der Waals surface area contributed by atoms with Gasteiger partial charge < -0.3 is 10.6 Å². The van der Waals surface area contributed by atoms with Crippen LogP contribution in [-0.4, -0.2) is 42.8 Å². The molecule has 11 heteroatoms. The number of anilines is 1. The summed E-state index contributed by atoms with van der Waals surface area (Å²) >= 11 is 7.36. The monoisotopic (exact) mass is 498 g/mol. The fourth-order valence-electron chi connectivity index (χ4n) is 3.51. The van der Waals surface area contributed by atoms with E-state index in [1.807, 2.05) is 32.0 Å². The van der Waals surface area contributed by atoms with Gasteiger partial charge in [-0.1, -0.05) is 41.6 Å². The normalized spacial score (nSPS) is 11.3.